The van der Waals surface area contributed by atoms with Crippen LogP contribution in [0.25, 0.3) is 0 Å². The number of benzene rings is 2. The van der Waals surface area contributed by atoms with Crippen LogP contribution in [0.2, 0.25) is 0 Å². The average Bonchev–Trinajstić information content (AvgIpc) is 2.76. The Bertz CT molecular complexity index is 800. The molecule has 7 heteroatoms. The number of anilines is 2. The van der Waals surface area contributed by atoms with Crippen molar-refractivity contribution < 1.29 is 18.8 Å². The molecule has 1 aliphatic rings. The summed E-state index contributed by atoms with van der Waals surface area (Å²) >= 11 is 0. The summed E-state index contributed by atoms with van der Waals surface area (Å²) in [7, 11) is 0. The topological polar surface area (TPSA) is 92.5 Å². The number of nitrogens with two attached hydrogens (primary N) is 1. The monoisotopic (exact) mass is 313 g/mol. The maximum atomic E-state index is 13.3. The van der Waals surface area contributed by atoms with Gasteiger partial charge in [0.15, 0.2) is 0 Å². The molecule has 0 unspecified atom stereocenters. The Kier molecular flexibility index (Phi) is 3.53. The van der Waals surface area contributed by atoms with Crippen LogP contribution in [0.3, 0.4) is 0 Å². The van der Waals surface area contributed by atoms with Crippen molar-refractivity contribution >= 4 is 29.1 Å². The number of hydrogen-bond donors (Lipinski definition) is 2. The Morgan fingerprint density at radius 2 is 1.70 bits per heavy atom. The van der Waals surface area contributed by atoms with Crippen molar-refractivity contribution in [3.63, 3.8) is 0 Å². The van der Waals surface area contributed by atoms with Gasteiger partial charge in [-0.3, -0.25) is 19.3 Å². The summed E-state index contributed by atoms with van der Waals surface area (Å²) in [6, 6.07) is 10.2. The molecule has 6 nitrogen and oxygen atoms in total. The maximum absolute atomic E-state index is 13.3. The van der Waals surface area contributed by atoms with Crippen LogP contribution in [0.4, 0.5) is 15.8 Å². The first kappa shape index (κ1) is 14.7. The van der Waals surface area contributed by atoms with Gasteiger partial charge in [-0.2, -0.15) is 0 Å². The van der Waals surface area contributed by atoms with Gasteiger partial charge < -0.3 is 11.1 Å². The molecule has 3 rings (SSSR count). The predicted molar refractivity (Wildman–Crippen MR) is 81.3 cm³/mol. The number of halogens is 1. The summed E-state index contributed by atoms with van der Waals surface area (Å²) in [5, 5.41) is 2.42. The normalized spacial score (nSPS) is 13.2. The van der Waals surface area contributed by atoms with Gasteiger partial charge in [0.2, 0.25) is 5.91 Å². The maximum Gasteiger partial charge on any atom is 0.262 e. The molecule has 2 aromatic carbocycles. The summed E-state index contributed by atoms with van der Waals surface area (Å²) < 4.78 is 13.3. The van der Waals surface area contributed by atoms with Crippen LogP contribution >= 0.6 is 0 Å². The second kappa shape index (κ2) is 5.53. The lowest BCUT2D eigenvalue weighted by Crippen LogP contribution is -2.37. The first-order valence-electron chi connectivity index (χ1n) is 6.77. The summed E-state index contributed by atoms with van der Waals surface area (Å²) in [6.45, 7) is -0.446. The largest absolute Gasteiger partial charge is 0.396 e. The van der Waals surface area contributed by atoms with Crippen LogP contribution in [0.5, 0.6) is 0 Å². The molecule has 0 atom stereocenters. The molecule has 2 aromatic rings. The number of carbonyl (C=O) groups is 3. The minimum atomic E-state index is -0.663. The third-order valence-electron chi connectivity index (χ3n) is 3.46. The molecular weight excluding hydrogens is 301 g/mol. The highest BCUT2D eigenvalue weighted by molar-refractivity contribution is 6.22. The highest BCUT2D eigenvalue weighted by atomic mass is 19.1. The molecule has 3 N–H and O–H groups in total. The highest BCUT2D eigenvalue weighted by Gasteiger charge is 2.36. The SMILES string of the molecule is Nc1ccc(NC(=O)CN2C(=O)c3ccccc3C2=O)cc1F. The molecule has 0 bridgehead atoms. The van der Waals surface area contributed by atoms with E-state index in [0.29, 0.717) is 0 Å². The van der Waals surface area contributed by atoms with Gasteiger partial charge in [-0.05, 0) is 30.3 Å². The number of carbonyl (C=O) groups excluding carboxylic acids is 3. The Balaban J connectivity index is 1.73. The lowest BCUT2D eigenvalue weighted by Gasteiger charge is -2.13. The molecule has 0 fully saturated rings. The molecule has 1 aliphatic heterocycles. The van der Waals surface area contributed by atoms with Crippen LogP contribution < -0.4 is 11.1 Å². The van der Waals surface area contributed by atoms with E-state index >= 15 is 0 Å². The van der Waals surface area contributed by atoms with E-state index in [4.69, 9.17) is 5.73 Å². The zero-order valence-electron chi connectivity index (χ0n) is 11.9. The Morgan fingerprint density at radius 1 is 1.09 bits per heavy atom. The van der Waals surface area contributed by atoms with Crippen LogP contribution in [0.1, 0.15) is 20.7 Å². The van der Waals surface area contributed by atoms with E-state index in [-0.39, 0.29) is 22.5 Å². The van der Waals surface area contributed by atoms with Crippen LogP contribution in [0.15, 0.2) is 42.5 Å². The van der Waals surface area contributed by atoms with Crippen LogP contribution in [-0.4, -0.2) is 29.2 Å². The van der Waals surface area contributed by atoms with Crippen LogP contribution in [0, 0.1) is 5.82 Å². The third-order valence-corrected chi connectivity index (χ3v) is 3.46. The fourth-order valence-electron chi connectivity index (χ4n) is 2.33. The van der Waals surface area contributed by atoms with Gasteiger partial charge in [0.05, 0.1) is 16.8 Å². The van der Waals surface area contributed by atoms with Crippen molar-refractivity contribution in [2.24, 2.45) is 0 Å². The standard InChI is InChI=1S/C16H12FN3O3/c17-12-7-9(5-6-13(12)18)19-14(21)8-20-15(22)10-3-1-2-4-11(10)16(20)23/h1-7H,8,18H2,(H,19,21). The fourth-order valence-corrected chi connectivity index (χ4v) is 2.33. The lowest BCUT2D eigenvalue weighted by molar-refractivity contribution is -0.116. The smallest absolute Gasteiger partial charge is 0.262 e. The van der Waals surface area contributed by atoms with Crippen molar-refractivity contribution in [1.82, 2.24) is 4.90 Å². The van der Waals surface area contributed by atoms with Gasteiger partial charge in [-0.1, -0.05) is 12.1 Å². The Hall–Kier alpha value is -3.22. The van der Waals surface area contributed by atoms with E-state index < -0.39 is 30.1 Å². The average molecular weight is 313 g/mol. The summed E-state index contributed by atoms with van der Waals surface area (Å²) in [5.74, 6) is -2.32. The number of nitrogen functional groups attached to an aromatic ring is 1. The van der Waals surface area contributed by atoms with Crippen molar-refractivity contribution in [3.8, 4) is 0 Å². The number of amides is 3. The Morgan fingerprint density at radius 3 is 2.26 bits per heavy atom. The second-order valence-corrected chi connectivity index (χ2v) is 5.03. The van der Waals surface area contributed by atoms with Gasteiger partial charge in [-0.15, -0.1) is 0 Å². The van der Waals surface area contributed by atoms with Crippen molar-refractivity contribution in [2.75, 3.05) is 17.6 Å². The molecule has 1 heterocycles. The quantitative estimate of drug-likeness (QED) is 0.665. The van der Waals surface area contributed by atoms with Gasteiger partial charge in [0.25, 0.3) is 11.8 Å². The summed E-state index contributed by atoms with van der Waals surface area (Å²) in [4.78, 5) is 37.1. The first-order chi connectivity index (χ1) is 11.0. The van der Waals surface area contributed by atoms with Gasteiger partial charge >= 0.3 is 0 Å². The highest BCUT2D eigenvalue weighted by Crippen LogP contribution is 2.22. The molecule has 0 radical (unpaired) electrons. The molecule has 0 aromatic heterocycles. The van der Waals surface area contributed by atoms with E-state index in [1.807, 2.05) is 0 Å². The number of fused-ring (bicyclic) bond motifs is 1. The lowest BCUT2D eigenvalue weighted by atomic mass is 10.1. The number of imide groups is 1. The van der Waals surface area contributed by atoms with E-state index in [2.05, 4.69) is 5.32 Å². The molecule has 0 aliphatic carbocycles. The molecule has 0 saturated carbocycles. The van der Waals surface area contributed by atoms with E-state index in [1.54, 1.807) is 12.1 Å². The van der Waals surface area contributed by atoms with E-state index in [0.717, 1.165) is 11.0 Å². The number of hydrogen-bond acceptors (Lipinski definition) is 4. The Labute approximate surface area is 130 Å². The number of nitrogens with zero attached hydrogens (tertiary/aromatic N) is 1. The summed E-state index contributed by atoms with van der Waals surface area (Å²) in [6.07, 6.45) is 0. The minimum Gasteiger partial charge on any atom is -0.396 e. The number of nitrogens with one attached hydrogen (secondary N) is 1. The fraction of sp³-hybridized carbons (Fsp3) is 0.0625. The molecular formula is C16H12FN3O3. The van der Waals surface area contributed by atoms with E-state index in [9.17, 15) is 18.8 Å². The molecule has 3 amide bonds. The van der Waals surface area contributed by atoms with Crippen molar-refractivity contribution in [1.29, 1.82) is 0 Å². The second-order valence-electron chi connectivity index (χ2n) is 5.03. The first-order valence-corrected chi connectivity index (χ1v) is 6.77. The molecule has 116 valence electrons. The number of rotatable bonds is 3. The van der Waals surface area contributed by atoms with E-state index in [1.165, 1.54) is 24.3 Å². The third kappa shape index (κ3) is 2.64. The van der Waals surface area contributed by atoms with Gasteiger partial charge in [-0.25, -0.2) is 4.39 Å². The van der Waals surface area contributed by atoms with Gasteiger partial charge in [0, 0.05) is 5.69 Å². The minimum absolute atomic E-state index is 0.0386. The van der Waals surface area contributed by atoms with Crippen LogP contribution in [-0.2, 0) is 4.79 Å². The zero-order chi connectivity index (χ0) is 16.6. The molecule has 0 spiro atoms. The van der Waals surface area contributed by atoms with Gasteiger partial charge in [0.1, 0.15) is 12.4 Å². The predicted octanol–water partition coefficient (Wildman–Crippen LogP) is 1.64. The zero-order valence-corrected chi connectivity index (χ0v) is 11.9. The summed E-state index contributed by atoms with van der Waals surface area (Å²) in [5.41, 5.74) is 6.04. The van der Waals surface area contributed by atoms with Crippen molar-refractivity contribution in [2.45, 2.75) is 0 Å². The molecule has 0 saturated heterocycles. The van der Waals surface area contributed by atoms with Crippen molar-refractivity contribution in [3.05, 3.63) is 59.4 Å². The molecule has 23 heavy (non-hydrogen) atoms.